The van der Waals surface area contributed by atoms with E-state index in [1.807, 2.05) is 25.1 Å². The van der Waals surface area contributed by atoms with E-state index in [0.717, 1.165) is 16.8 Å². The highest BCUT2D eigenvalue weighted by Gasteiger charge is 2.29. The van der Waals surface area contributed by atoms with Crippen molar-refractivity contribution in [3.63, 3.8) is 0 Å². The van der Waals surface area contributed by atoms with Gasteiger partial charge in [-0.05, 0) is 36.1 Å². The second-order valence-corrected chi connectivity index (χ2v) is 6.57. The number of rotatable bonds is 4. The Bertz CT molecular complexity index is 864. The van der Waals surface area contributed by atoms with E-state index in [1.165, 1.54) is 4.90 Å². The molecule has 0 saturated carbocycles. The van der Waals surface area contributed by atoms with Crippen molar-refractivity contribution in [2.45, 2.75) is 26.7 Å². The Morgan fingerprint density at radius 3 is 2.85 bits per heavy atom. The summed E-state index contributed by atoms with van der Waals surface area (Å²) in [5.74, 6) is 0.590. The zero-order valence-corrected chi connectivity index (χ0v) is 15.1. The van der Waals surface area contributed by atoms with Gasteiger partial charge in [0.05, 0.1) is 0 Å². The van der Waals surface area contributed by atoms with Crippen LogP contribution in [0.25, 0.3) is 0 Å². The number of hydrogen-bond acceptors (Lipinski definition) is 5. The number of ether oxygens (including phenoxy) is 1. The molecule has 1 aromatic carbocycles. The molecule has 0 bridgehead atoms. The van der Waals surface area contributed by atoms with Gasteiger partial charge in [-0.3, -0.25) is 14.5 Å². The van der Waals surface area contributed by atoms with Gasteiger partial charge in [0.25, 0.3) is 5.91 Å². The molecular formula is C19H22N4O3. The fraction of sp³-hybridized carbons (Fsp3) is 0.316. The Hall–Kier alpha value is -3.09. The van der Waals surface area contributed by atoms with E-state index < -0.39 is 0 Å². The van der Waals surface area contributed by atoms with Crippen LogP contribution >= 0.6 is 0 Å². The lowest BCUT2D eigenvalue weighted by atomic mass is 9.98. The average molecular weight is 354 g/mol. The first-order chi connectivity index (χ1) is 12.4. The molecule has 2 amide bonds. The molecule has 1 aliphatic heterocycles. The summed E-state index contributed by atoms with van der Waals surface area (Å²) in [5, 5.41) is 2.94. The number of para-hydroxylation sites is 1. The minimum absolute atomic E-state index is 0.131. The number of amides is 2. The quantitative estimate of drug-likeness (QED) is 0.879. The first-order valence-corrected chi connectivity index (χ1v) is 8.46. The maximum absolute atomic E-state index is 12.6. The van der Waals surface area contributed by atoms with Gasteiger partial charge in [-0.15, -0.1) is 0 Å². The molecular weight excluding hydrogens is 332 g/mol. The van der Waals surface area contributed by atoms with Crippen LogP contribution in [-0.2, 0) is 9.59 Å². The lowest BCUT2D eigenvalue weighted by Crippen LogP contribution is -2.44. The third kappa shape index (κ3) is 3.46. The van der Waals surface area contributed by atoms with Crippen LogP contribution in [0.15, 0.2) is 30.3 Å². The van der Waals surface area contributed by atoms with Crippen LogP contribution in [-0.4, -0.2) is 29.9 Å². The van der Waals surface area contributed by atoms with Crippen molar-refractivity contribution in [1.29, 1.82) is 0 Å². The van der Waals surface area contributed by atoms with Crippen molar-refractivity contribution in [3.05, 3.63) is 41.5 Å². The van der Waals surface area contributed by atoms with Crippen LogP contribution < -0.4 is 20.7 Å². The predicted octanol–water partition coefficient (Wildman–Crippen LogP) is 2.46. The van der Waals surface area contributed by atoms with Gasteiger partial charge < -0.3 is 15.8 Å². The number of hydrogen-bond donors (Lipinski definition) is 2. The van der Waals surface area contributed by atoms with Crippen molar-refractivity contribution in [2.75, 3.05) is 29.1 Å². The topological polar surface area (TPSA) is 97.5 Å². The fourth-order valence-electron chi connectivity index (χ4n) is 2.92. The number of nitrogens with one attached hydrogen (secondary N) is 1. The maximum Gasteiger partial charge on any atom is 0.266 e. The minimum Gasteiger partial charge on any atom is -0.480 e. The first-order valence-electron chi connectivity index (χ1n) is 8.46. The molecule has 0 saturated heterocycles. The number of nitrogen functional groups attached to an aromatic ring is 1. The van der Waals surface area contributed by atoms with Crippen LogP contribution in [0.1, 0.15) is 30.9 Å². The van der Waals surface area contributed by atoms with Crippen molar-refractivity contribution in [1.82, 2.24) is 4.98 Å². The Kier molecular flexibility index (Phi) is 4.79. The molecule has 7 nitrogen and oxygen atoms in total. The number of carbonyl (C=O) groups excluding carboxylic acids is 2. The molecule has 0 atom stereocenters. The van der Waals surface area contributed by atoms with Crippen LogP contribution in [0.3, 0.4) is 0 Å². The summed E-state index contributed by atoms with van der Waals surface area (Å²) in [7, 11) is 0. The Morgan fingerprint density at radius 1 is 1.35 bits per heavy atom. The molecule has 136 valence electrons. The summed E-state index contributed by atoms with van der Waals surface area (Å²) in [6.07, 6.45) is 0. The largest absolute Gasteiger partial charge is 0.480 e. The molecule has 1 aromatic heterocycles. The Labute approximate surface area is 152 Å². The van der Waals surface area contributed by atoms with Gasteiger partial charge in [0, 0.05) is 5.69 Å². The summed E-state index contributed by atoms with van der Waals surface area (Å²) >= 11 is 0. The Morgan fingerprint density at radius 2 is 2.12 bits per heavy atom. The number of nitrogens with zero attached hydrogens (tertiary/aromatic N) is 2. The summed E-state index contributed by atoms with van der Waals surface area (Å²) in [6, 6.07) is 9.14. The van der Waals surface area contributed by atoms with E-state index in [0.29, 0.717) is 5.75 Å². The summed E-state index contributed by atoms with van der Waals surface area (Å²) in [4.78, 5) is 30.3. The molecule has 0 fully saturated rings. The number of aromatic nitrogens is 1. The third-order valence-electron chi connectivity index (χ3n) is 4.26. The maximum atomic E-state index is 12.6. The minimum atomic E-state index is -0.334. The molecule has 0 radical (unpaired) electrons. The van der Waals surface area contributed by atoms with E-state index in [9.17, 15) is 9.59 Å². The van der Waals surface area contributed by atoms with E-state index in [4.69, 9.17) is 10.5 Å². The van der Waals surface area contributed by atoms with E-state index in [1.54, 1.807) is 12.1 Å². The van der Waals surface area contributed by atoms with Gasteiger partial charge in [0.15, 0.2) is 18.2 Å². The van der Waals surface area contributed by atoms with E-state index >= 15 is 0 Å². The summed E-state index contributed by atoms with van der Waals surface area (Å²) in [5.41, 5.74) is 8.52. The number of carbonyl (C=O) groups is 2. The zero-order chi connectivity index (χ0) is 18.8. The van der Waals surface area contributed by atoms with E-state index in [2.05, 4.69) is 24.1 Å². The SMILES string of the molecule is Cc1cccc(C(C)C)c1NC(=O)CN1C(=O)COc2ccc(N)nc21. The van der Waals surface area contributed by atoms with Crippen LogP contribution in [0.5, 0.6) is 5.75 Å². The van der Waals surface area contributed by atoms with Crippen LogP contribution in [0.2, 0.25) is 0 Å². The molecule has 2 heterocycles. The van der Waals surface area contributed by atoms with Gasteiger partial charge >= 0.3 is 0 Å². The highest BCUT2D eigenvalue weighted by molar-refractivity contribution is 6.04. The highest BCUT2D eigenvalue weighted by Crippen LogP contribution is 2.31. The predicted molar refractivity (Wildman–Crippen MR) is 100 cm³/mol. The molecule has 0 unspecified atom stereocenters. The molecule has 2 aromatic rings. The average Bonchev–Trinajstić information content (AvgIpc) is 2.59. The number of pyridine rings is 1. The van der Waals surface area contributed by atoms with Crippen molar-refractivity contribution in [3.8, 4) is 5.75 Å². The van der Waals surface area contributed by atoms with Crippen LogP contribution in [0.4, 0.5) is 17.3 Å². The standard InChI is InChI=1S/C19H22N4O3/c1-11(2)13-6-4-5-12(3)18(13)22-16(24)9-23-17(25)10-26-14-7-8-15(20)21-19(14)23/h4-8,11H,9-10H2,1-3H3,(H2,20,21)(H,22,24). The second kappa shape index (κ2) is 7.03. The van der Waals surface area contributed by atoms with Crippen LogP contribution in [0, 0.1) is 6.92 Å². The molecule has 7 heteroatoms. The second-order valence-electron chi connectivity index (χ2n) is 6.57. The number of anilines is 3. The van der Waals surface area contributed by atoms with Gasteiger partial charge in [-0.1, -0.05) is 32.0 Å². The molecule has 26 heavy (non-hydrogen) atoms. The molecule has 0 aliphatic carbocycles. The smallest absolute Gasteiger partial charge is 0.266 e. The first kappa shape index (κ1) is 17.7. The van der Waals surface area contributed by atoms with Crippen molar-refractivity contribution >= 4 is 29.1 Å². The van der Waals surface area contributed by atoms with Gasteiger partial charge in [-0.25, -0.2) is 4.98 Å². The number of fused-ring (bicyclic) bond motifs is 1. The zero-order valence-electron chi connectivity index (χ0n) is 15.1. The van der Waals surface area contributed by atoms with Gasteiger partial charge in [-0.2, -0.15) is 0 Å². The number of benzene rings is 1. The Balaban J connectivity index is 1.84. The van der Waals surface area contributed by atoms with E-state index in [-0.39, 0.29) is 42.5 Å². The molecule has 3 rings (SSSR count). The summed E-state index contributed by atoms with van der Waals surface area (Å²) < 4.78 is 5.35. The third-order valence-corrected chi connectivity index (χ3v) is 4.26. The number of nitrogens with two attached hydrogens (primary N) is 1. The molecule has 0 spiro atoms. The molecule has 3 N–H and O–H groups in total. The summed E-state index contributed by atoms with van der Waals surface area (Å²) in [6.45, 7) is 5.79. The fourth-order valence-corrected chi connectivity index (χ4v) is 2.92. The van der Waals surface area contributed by atoms with Crippen molar-refractivity contribution < 1.29 is 14.3 Å². The lowest BCUT2D eigenvalue weighted by Gasteiger charge is -2.28. The number of aryl methyl sites for hydroxylation is 1. The highest BCUT2D eigenvalue weighted by atomic mass is 16.5. The van der Waals surface area contributed by atoms with Gasteiger partial charge in [0.1, 0.15) is 12.4 Å². The van der Waals surface area contributed by atoms with Crippen molar-refractivity contribution in [2.24, 2.45) is 0 Å². The monoisotopic (exact) mass is 354 g/mol. The normalized spacial score (nSPS) is 13.4. The molecule has 1 aliphatic rings. The van der Waals surface area contributed by atoms with Gasteiger partial charge in [0.2, 0.25) is 5.91 Å². The lowest BCUT2D eigenvalue weighted by molar-refractivity contribution is -0.123.